The van der Waals surface area contributed by atoms with Crippen molar-refractivity contribution in [1.29, 1.82) is 0 Å². The van der Waals surface area contributed by atoms with Gasteiger partial charge in [-0.25, -0.2) is 9.97 Å². The van der Waals surface area contributed by atoms with Crippen molar-refractivity contribution in [2.75, 3.05) is 42.9 Å². The molecule has 0 spiro atoms. The van der Waals surface area contributed by atoms with Crippen molar-refractivity contribution in [3.05, 3.63) is 52.3 Å². The topological polar surface area (TPSA) is 87.4 Å². The molecule has 0 radical (unpaired) electrons. The van der Waals surface area contributed by atoms with Crippen molar-refractivity contribution in [2.24, 2.45) is 0 Å². The third-order valence-electron chi connectivity index (χ3n) is 4.36. The maximum atomic E-state index is 12.5. The van der Waals surface area contributed by atoms with Crippen molar-refractivity contribution in [2.45, 2.75) is 12.7 Å². The first kappa shape index (κ1) is 19.8. The van der Waals surface area contributed by atoms with E-state index in [0.717, 1.165) is 12.9 Å². The quantitative estimate of drug-likeness (QED) is 0.593. The molecule has 0 bridgehead atoms. The Bertz CT molecular complexity index is 810. The van der Waals surface area contributed by atoms with Crippen LogP contribution >= 0.6 is 0 Å². The molecule has 0 atom stereocenters. The largest absolute Gasteiger partial charge is 0.405 e. The van der Waals surface area contributed by atoms with E-state index in [9.17, 15) is 23.3 Å². The van der Waals surface area contributed by atoms with Crippen LogP contribution in [0.1, 0.15) is 5.56 Å². The molecule has 150 valence electrons. The fraction of sp³-hybridized carbons (Fsp3) is 0.412. The SMILES string of the molecule is O=[N+]([O-])c1c(NCC(F)(F)F)ncnc1N1CCN(Cc2ccccc2)CC1. The number of hydrogen-bond donors (Lipinski definition) is 1. The van der Waals surface area contributed by atoms with Gasteiger partial charge in [0.15, 0.2) is 0 Å². The number of rotatable bonds is 6. The minimum Gasteiger partial charge on any atom is -0.355 e. The molecule has 1 fully saturated rings. The van der Waals surface area contributed by atoms with Gasteiger partial charge in [-0.05, 0) is 5.56 Å². The van der Waals surface area contributed by atoms with E-state index in [-0.39, 0.29) is 5.82 Å². The highest BCUT2D eigenvalue weighted by Gasteiger charge is 2.32. The summed E-state index contributed by atoms with van der Waals surface area (Å²) in [6.07, 6.45) is -3.47. The van der Waals surface area contributed by atoms with E-state index < -0.39 is 29.1 Å². The summed E-state index contributed by atoms with van der Waals surface area (Å²) in [5.74, 6) is -0.400. The van der Waals surface area contributed by atoms with Crippen molar-refractivity contribution in [1.82, 2.24) is 14.9 Å². The highest BCUT2D eigenvalue weighted by Crippen LogP contribution is 2.33. The Kier molecular flexibility index (Phi) is 5.93. The van der Waals surface area contributed by atoms with Crippen LogP contribution in [0.5, 0.6) is 0 Å². The Hall–Kier alpha value is -2.95. The lowest BCUT2D eigenvalue weighted by Crippen LogP contribution is -2.46. The van der Waals surface area contributed by atoms with Gasteiger partial charge in [-0.1, -0.05) is 30.3 Å². The van der Waals surface area contributed by atoms with E-state index in [1.165, 1.54) is 5.56 Å². The molecule has 0 amide bonds. The molecule has 1 aliphatic heterocycles. The van der Waals surface area contributed by atoms with E-state index in [1.807, 2.05) is 35.6 Å². The number of halogens is 3. The van der Waals surface area contributed by atoms with Crippen LogP contribution in [0.25, 0.3) is 0 Å². The summed E-state index contributed by atoms with van der Waals surface area (Å²) >= 11 is 0. The average molecular weight is 396 g/mol. The summed E-state index contributed by atoms with van der Waals surface area (Å²) in [5.41, 5.74) is 0.630. The van der Waals surface area contributed by atoms with Gasteiger partial charge in [-0.2, -0.15) is 13.2 Å². The minimum absolute atomic E-state index is 0.0315. The third kappa shape index (κ3) is 5.06. The van der Waals surface area contributed by atoms with E-state index in [0.29, 0.717) is 26.2 Å². The number of aromatic nitrogens is 2. The van der Waals surface area contributed by atoms with Gasteiger partial charge in [0.1, 0.15) is 12.9 Å². The fourth-order valence-corrected chi connectivity index (χ4v) is 3.04. The summed E-state index contributed by atoms with van der Waals surface area (Å²) < 4.78 is 37.4. The maximum absolute atomic E-state index is 12.5. The van der Waals surface area contributed by atoms with Gasteiger partial charge in [-0.15, -0.1) is 0 Å². The van der Waals surface area contributed by atoms with E-state index in [4.69, 9.17) is 0 Å². The van der Waals surface area contributed by atoms with Gasteiger partial charge in [0, 0.05) is 32.7 Å². The van der Waals surface area contributed by atoms with Crippen molar-refractivity contribution in [3.63, 3.8) is 0 Å². The first-order valence-electron chi connectivity index (χ1n) is 8.65. The van der Waals surface area contributed by atoms with Crippen LogP contribution in [0.15, 0.2) is 36.7 Å². The van der Waals surface area contributed by atoms with E-state index in [1.54, 1.807) is 4.90 Å². The average Bonchev–Trinajstić information content (AvgIpc) is 2.67. The van der Waals surface area contributed by atoms with E-state index >= 15 is 0 Å². The Balaban J connectivity index is 1.70. The predicted molar refractivity (Wildman–Crippen MR) is 97.2 cm³/mol. The molecule has 1 saturated heterocycles. The zero-order valence-corrected chi connectivity index (χ0v) is 14.9. The normalized spacial score (nSPS) is 15.5. The third-order valence-corrected chi connectivity index (χ3v) is 4.36. The predicted octanol–water partition coefficient (Wildman–Crippen LogP) is 2.68. The molecule has 0 unspecified atom stereocenters. The second-order valence-electron chi connectivity index (χ2n) is 6.37. The van der Waals surface area contributed by atoms with Crippen molar-refractivity contribution >= 4 is 17.3 Å². The van der Waals surface area contributed by atoms with Gasteiger partial charge >= 0.3 is 11.9 Å². The molecule has 1 aliphatic rings. The molecule has 2 heterocycles. The fourth-order valence-electron chi connectivity index (χ4n) is 3.04. The lowest BCUT2D eigenvalue weighted by atomic mass is 10.2. The van der Waals surface area contributed by atoms with Crippen molar-refractivity contribution in [3.8, 4) is 0 Å². The summed E-state index contributed by atoms with van der Waals surface area (Å²) in [4.78, 5) is 22.3. The molecule has 28 heavy (non-hydrogen) atoms. The summed E-state index contributed by atoms with van der Waals surface area (Å²) in [6.45, 7) is 1.61. The van der Waals surface area contributed by atoms with Gasteiger partial charge < -0.3 is 10.2 Å². The van der Waals surface area contributed by atoms with Crippen LogP contribution in [0.4, 0.5) is 30.5 Å². The number of alkyl halides is 3. The maximum Gasteiger partial charge on any atom is 0.405 e. The van der Waals surface area contributed by atoms with Gasteiger partial charge in [0.2, 0.25) is 11.6 Å². The molecule has 3 rings (SSSR count). The van der Waals surface area contributed by atoms with Gasteiger partial charge in [0.05, 0.1) is 4.92 Å². The lowest BCUT2D eigenvalue weighted by molar-refractivity contribution is -0.383. The number of nitro groups is 1. The summed E-state index contributed by atoms with van der Waals surface area (Å²) in [7, 11) is 0. The second-order valence-corrected chi connectivity index (χ2v) is 6.37. The number of nitrogens with one attached hydrogen (secondary N) is 1. The second kappa shape index (κ2) is 8.38. The lowest BCUT2D eigenvalue weighted by Gasteiger charge is -2.35. The van der Waals surface area contributed by atoms with Crippen LogP contribution in [0.2, 0.25) is 0 Å². The van der Waals surface area contributed by atoms with Crippen LogP contribution in [-0.2, 0) is 6.54 Å². The van der Waals surface area contributed by atoms with Gasteiger partial charge in [-0.3, -0.25) is 15.0 Å². The minimum atomic E-state index is -4.51. The highest BCUT2D eigenvalue weighted by atomic mass is 19.4. The zero-order valence-electron chi connectivity index (χ0n) is 14.9. The van der Waals surface area contributed by atoms with Crippen LogP contribution in [0.3, 0.4) is 0 Å². The molecule has 0 aliphatic carbocycles. The molecule has 11 heteroatoms. The molecule has 0 saturated carbocycles. The molecule has 8 nitrogen and oxygen atoms in total. The van der Waals surface area contributed by atoms with Crippen LogP contribution in [0, 0.1) is 10.1 Å². The highest BCUT2D eigenvalue weighted by molar-refractivity contribution is 5.70. The first-order chi connectivity index (χ1) is 13.3. The number of piperazine rings is 1. The Morgan fingerprint density at radius 2 is 1.79 bits per heavy atom. The Morgan fingerprint density at radius 3 is 2.39 bits per heavy atom. The first-order valence-corrected chi connectivity index (χ1v) is 8.65. The molecular weight excluding hydrogens is 377 g/mol. The number of nitrogens with zero attached hydrogens (tertiary/aromatic N) is 5. The smallest absolute Gasteiger partial charge is 0.355 e. The monoisotopic (exact) mass is 396 g/mol. The van der Waals surface area contributed by atoms with E-state index in [2.05, 4.69) is 14.9 Å². The Morgan fingerprint density at radius 1 is 1.11 bits per heavy atom. The molecule has 1 aromatic heterocycles. The van der Waals surface area contributed by atoms with Gasteiger partial charge in [0.25, 0.3) is 0 Å². The van der Waals surface area contributed by atoms with Crippen LogP contribution < -0.4 is 10.2 Å². The van der Waals surface area contributed by atoms with Crippen LogP contribution in [-0.4, -0.2) is 58.7 Å². The number of anilines is 2. The number of hydrogen-bond acceptors (Lipinski definition) is 7. The summed E-state index contributed by atoms with van der Waals surface area (Å²) in [5, 5.41) is 13.5. The zero-order chi connectivity index (χ0) is 20.1. The molecule has 1 aromatic carbocycles. The number of benzene rings is 1. The summed E-state index contributed by atoms with van der Waals surface area (Å²) in [6, 6.07) is 9.93. The Labute approximate surface area is 159 Å². The molecule has 1 N–H and O–H groups in total. The van der Waals surface area contributed by atoms with Crippen molar-refractivity contribution < 1.29 is 18.1 Å². The molecule has 2 aromatic rings. The molecular formula is C17H19F3N6O2. The standard InChI is InChI=1S/C17H19F3N6O2/c18-17(19,20)11-21-15-14(26(27)28)16(23-12-22-15)25-8-6-24(7-9-25)10-13-4-2-1-3-5-13/h1-5,12H,6-11H2,(H,21,22,23).